The van der Waals surface area contributed by atoms with Gasteiger partial charge in [-0.15, -0.1) is 0 Å². The summed E-state index contributed by atoms with van der Waals surface area (Å²) in [5, 5.41) is 9.10. The standard InChI is InChI=1S/C14H21NO5S/c1-4-5-6-12(14(16)17)15-21(18,19)11-7-8-13(20-3)10(2)9-11/h7-9,12,15H,4-6H2,1-3H3,(H,16,17). The number of aliphatic carboxylic acids is 1. The molecule has 1 unspecified atom stereocenters. The van der Waals surface area contributed by atoms with Crippen LogP contribution in [0, 0.1) is 6.92 Å². The molecule has 0 fully saturated rings. The van der Waals surface area contributed by atoms with E-state index in [2.05, 4.69) is 4.72 Å². The maximum atomic E-state index is 12.2. The van der Waals surface area contributed by atoms with Crippen molar-refractivity contribution in [3.8, 4) is 5.75 Å². The largest absolute Gasteiger partial charge is 0.496 e. The molecular weight excluding hydrogens is 294 g/mol. The molecule has 21 heavy (non-hydrogen) atoms. The van der Waals surface area contributed by atoms with Crippen LogP contribution >= 0.6 is 0 Å². The van der Waals surface area contributed by atoms with Gasteiger partial charge in [0.15, 0.2) is 0 Å². The van der Waals surface area contributed by atoms with Crippen molar-refractivity contribution in [3.05, 3.63) is 23.8 Å². The Morgan fingerprint density at radius 2 is 2.10 bits per heavy atom. The summed E-state index contributed by atoms with van der Waals surface area (Å²) in [6.45, 7) is 3.64. The van der Waals surface area contributed by atoms with Gasteiger partial charge in [-0.25, -0.2) is 8.42 Å². The fourth-order valence-corrected chi connectivity index (χ4v) is 3.22. The molecule has 0 saturated heterocycles. The van der Waals surface area contributed by atoms with Crippen LogP contribution in [0.2, 0.25) is 0 Å². The lowest BCUT2D eigenvalue weighted by Gasteiger charge is -2.15. The Hall–Kier alpha value is -1.60. The van der Waals surface area contributed by atoms with Gasteiger partial charge in [-0.1, -0.05) is 19.8 Å². The van der Waals surface area contributed by atoms with Crippen LogP contribution in [-0.2, 0) is 14.8 Å². The van der Waals surface area contributed by atoms with Crippen LogP contribution in [0.3, 0.4) is 0 Å². The zero-order chi connectivity index (χ0) is 16.0. The van der Waals surface area contributed by atoms with Gasteiger partial charge in [0.05, 0.1) is 12.0 Å². The Labute approximate surface area is 125 Å². The smallest absolute Gasteiger partial charge is 0.321 e. The lowest BCUT2D eigenvalue weighted by Crippen LogP contribution is -2.40. The molecule has 0 aliphatic heterocycles. The van der Waals surface area contributed by atoms with E-state index in [1.165, 1.54) is 19.2 Å². The monoisotopic (exact) mass is 315 g/mol. The number of rotatable bonds is 8. The van der Waals surface area contributed by atoms with Gasteiger partial charge in [0.2, 0.25) is 10.0 Å². The SMILES string of the molecule is CCCCC(NS(=O)(=O)c1ccc(OC)c(C)c1)C(=O)O. The van der Waals surface area contributed by atoms with Crippen LogP contribution in [-0.4, -0.2) is 32.6 Å². The first-order chi connectivity index (χ1) is 9.81. The van der Waals surface area contributed by atoms with E-state index in [1.54, 1.807) is 13.0 Å². The minimum Gasteiger partial charge on any atom is -0.496 e. The molecule has 0 radical (unpaired) electrons. The number of carboxylic acids is 1. The minimum absolute atomic E-state index is 0.0311. The van der Waals surface area contributed by atoms with E-state index in [4.69, 9.17) is 9.84 Å². The average molecular weight is 315 g/mol. The Morgan fingerprint density at radius 1 is 1.43 bits per heavy atom. The second kappa shape index (κ2) is 7.42. The summed E-state index contributed by atoms with van der Waals surface area (Å²) in [5.41, 5.74) is 0.667. The summed E-state index contributed by atoms with van der Waals surface area (Å²) in [7, 11) is -2.37. The fourth-order valence-electron chi connectivity index (χ4n) is 1.91. The van der Waals surface area contributed by atoms with Crippen molar-refractivity contribution in [2.24, 2.45) is 0 Å². The van der Waals surface area contributed by atoms with Crippen LogP contribution < -0.4 is 9.46 Å². The molecule has 1 atom stereocenters. The van der Waals surface area contributed by atoms with Gasteiger partial charge in [0, 0.05) is 0 Å². The van der Waals surface area contributed by atoms with Crippen molar-refractivity contribution in [1.82, 2.24) is 4.72 Å². The van der Waals surface area contributed by atoms with Crippen molar-refractivity contribution in [2.75, 3.05) is 7.11 Å². The summed E-state index contributed by atoms with van der Waals surface area (Å²) >= 11 is 0. The first-order valence-corrected chi connectivity index (χ1v) is 8.20. The Bertz CT molecular complexity index is 597. The highest BCUT2D eigenvalue weighted by atomic mass is 32.2. The topological polar surface area (TPSA) is 92.7 Å². The van der Waals surface area contributed by atoms with Crippen LogP contribution in [0.1, 0.15) is 31.7 Å². The number of nitrogens with one attached hydrogen (secondary N) is 1. The average Bonchev–Trinajstić information content (AvgIpc) is 2.43. The first kappa shape index (κ1) is 17.5. The summed E-state index contributed by atoms with van der Waals surface area (Å²) in [5.74, 6) is -0.591. The van der Waals surface area contributed by atoms with Crippen molar-refractivity contribution < 1.29 is 23.1 Å². The van der Waals surface area contributed by atoms with E-state index in [0.717, 1.165) is 6.42 Å². The second-order valence-corrected chi connectivity index (χ2v) is 6.50. The van der Waals surface area contributed by atoms with Crippen LogP contribution in [0.4, 0.5) is 0 Å². The Balaban J connectivity index is 2.99. The van der Waals surface area contributed by atoms with Gasteiger partial charge < -0.3 is 9.84 Å². The van der Waals surface area contributed by atoms with Gasteiger partial charge in [-0.05, 0) is 37.1 Å². The summed E-state index contributed by atoms with van der Waals surface area (Å²) in [4.78, 5) is 11.2. The lowest BCUT2D eigenvalue weighted by molar-refractivity contribution is -0.139. The number of aryl methyl sites for hydroxylation is 1. The number of methoxy groups -OCH3 is 1. The molecule has 6 nitrogen and oxygen atoms in total. The van der Waals surface area contributed by atoms with E-state index in [9.17, 15) is 13.2 Å². The maximum absolute atomic E-state index is 12.2. The predicted octanol–water partition coefficient (Wildman–Crippen LogP) is 1.93. The number of carboxylic acid groups (broad SMARTS) is 1. The predicted molar refractivity (Wildman–Crippen MR) is 79.0 cm³/mol. The van der Waals surface area contributed by atoms with E-state index in [0.29, 0.717) is 17.7 Å². The van der Waals surface area contributed by atoms with Crippen LogP contribution in [0.15, 0.2) is 23.1 Å². The highest BCUT2D eigenvalue weighted by molar-refractivity contribution is 7.89. The van der Waals surface area contributed by atoms with E-state index in [-0.39, 0.29) is 11.3 Å². The van der Waals surface area contributed by atoms with Crippen molar-refractivity contribution in [2.45, 2.75) is 44.0 Å². The molecule has 0 amide bonds. The van der Waals surface area contributed by atoms with E-state index >= 15 is 0 Å². The normalized spacial score (nSPS) is 12.9. The van der Waals surface area contributed by atoms with Gasteiger partial charge in [-0.3, -0.25) is 4.79 Å². The van der Waals surface area contributed by atoms with E-state index < -0.39 is 22.0 Å². The number of ether oxygens (including phenoxy) is 1. The summed E-state index contributed by atoms with van der Waals surface area (Å²) in [6.07, 6.45) is 1.70. The summed E-state index contributed by atoms with van der Waals surface area (Å²) in [6, 6.07) is 3.29. The number of benzene rings is 1. The Kier molecular flexibility index (Phi) is 6.17. The van der Waals surface area contributed by atoms with Crippen molar-refractivity contribution in [1.29, 1.82) is 0 Å². The second-order valence-electron chi connectivity index (χ2n) is 4.79. The summed E-state index contributed by atoms with van der Waals surface area (Å²) < 4.78 is 31.8. The van der Waals surface area contributed by atoms with Crippen molar-refractivity contribution in [3.63, 3.8) is 0 Å². The third-order valence-corrected chi connectivity index (χ3v) is 4.59. The van der Waals surface area contributed by atoms with Gasteiger partial charge in [-0.2, -0.15) is 4.72 Å². The molecule has 2 N–H and O–H groups in total. The highest BCUT2D eigenvalue weighted by Crippen LogP contribution is 2.21. The molecule has 0 aromatic heterocycles. The third kappa shape index (κ3) is 4.71. The van der Waals surface area contributed by atoms with E-state index in [1.807, 2.05) is 6.92 Å². The first-order valence-electron chi connectivity index (χ1n) is 6.71. The number of carbonyl (C=O) groups is 1. The quantitative estimate of drug-likeness (QED) is 0.764. The molecule has 7 heteroatoms. The third-order valence-electron chi connectivity index (χ3n) is 3.12. The molecule has 0 aliphatic carbocycles. The lowest BCUT2D eigenvalue weighted by atomic mass is 10.1. The molecule has 1 rings (SSSR count). The molecule has 0 aliphatic rings. The minimum atomic E-state index is -3.87. The molecule has 118 valence electrons. The van der Waals surface area contributed by atoms with Crippen LogP contribution in [0.5, 0.6) is 5.75 Å². The molecule has 0 heterocycles. The molecule has 1 aromatic rings. The van der Waals surface area contributed by atoms with Gasteiger partial charge in [0.25, 0.3) is 0 Å². The zero-order valence-corrected chi connectivity index (χ0v) is 13.2. The molecule has 0 bridgehead atoms. The number of hydrogen-bond acceptors (Lipinski definition) is 4. The maximum Gasteiger partial charge on any atom is 0.321 e. The van der Waals surface area contributed by atoms with Crippen molar-refractivity contribution >= 4 is 16.0 Å². The number of sulfonamides is 1. The molecular formula is C14H21NO5S. The number of hydrogen-bond donors (Lipinski definition) is 2. The molecule has 0 spiro atoms. The highest BCUT2D eigenvalue weighted by Gasteiger charge is 2.25. The molecule has 0 saturated carbocycles. The fraction of sp³-hybridized carbons (Fsp3) is 0.500. The number of unbranched alkanes of at least 4 members (excludes halogenated alkanes) is 1. The van der Waals surface area contributed by atoms with Crippen LogP contribution in [0.25, 0.3) is 0 Å². The molecule has 1 aromatic carbocycles. The van der Waals surface area contributed by atoms with Gasteiger partial charge in [0.1, 0.15) is 11.8 Å². The van der Waals surface area contributed by atoms with Gasteiger partial charge >= 0.3 is 5.97 Å². The Morgan fingerprint density at radius 3 is 2.57 bits per heavy atom. The zero-order valence-electron chi connectivity index (χ0n) is 12.4.